The maximum atomic E-state index is 13.5. The van der Waals surface area contributed by atoms with E-state index in [0.29, 0.717) is 37.4 Å². The van der Waals surface area contributed by atoms with Gasteiger partial charge in [0.25, 0.3) is 0 Å². The summed E-state index contributed by atoms with van der Waals surface area (Å²) in [4.78, 5) is 30.7. The molecule has 7 N–H and O–H groups in total. The molecule has 1 amide bonds. The Hall–Kier alpha value is -2.86. The monoisotopic (exact) mass is 508 g/mol. The average Bonchev–Trinajstić information content (AvgIpc) is 2.79. The number of nitrogens with zero attached hydrogens (tertiary/aromatic N) is 2. The number of guanidine groups is 1. The highest BCUT2D eigenvalue weighted by Crippen LogP contribution is 2.31. The molecule has 1 saturated heterocycles. The number of rotatable bonds is 9. The molecule has 1 aromatic rings. The van der Waals surface area contributed by atoms with Gasteiger partial charge in [0.15, 0.2) is 5.96 Å². The van der Waals surface area contributed by atoms with Crippen LogP contribution in [0.1, 0.15) is 45.1 Å². The zero-order valence-electron chi connectivity index (χ0n) is 20.2. The molecule has 2 aliphatic heterocycles. The number of carbonyl (C=O) groups excluding carboxylic acids is 1. The van der Waals surface area contributed by atoms with E-state index in [9.17, 15) is 23.1 Å². The van der Waals surface area contributed by atoms with Crippen LogP contribution in [0.2, 0.25) is 0 Å². The third-order valence-electron chi connectivity index (χ3n) is 6.57. The van der Waals surface area contributed by atoms with Gasteiger partial charge in [-0.1, -0.05) is 26.0 Å². The number of sulfonamides is 1. The van der Waals surface area contributed by atoms with Crippen LogP contribution in [0.4, 0.5) is 5.69 Å². The maximum Gasteiger partial charge on any atom is 0.326 e. The van der Waals surface area contributed by atoms with Crippen LogP contribution in [0.3, 0.4) is 0 Å². The van der Waals surface area contributed by atoms with Crippen molar-refractivity contribution in [2.45, 2.75) is 62.9 Å². The topological polar surface area (TPSA) is 180 Å². The lowest BCUT2D eigenvalue weighted by Crippen LogP contribution is -2.56. The van der Waals surface area contributed by atoms with Gasteiger partial charge in [-0.25, -0.2) is 13.2 Å². The van der Waals surface area contributed by atoms with Crippen molar-refractivity contribution in [1.29, 1.82) is 0 Å². The van der Waals surface area contributed by atoms with Gasteiger partial charge in [-0.2, -0.15) is 4.72 Å². The van der Waals surface area contributed by atoms with Crippen molar-refractivity contribution >= 4 is 33.5 Å². The number of hydrogen-bond acceptors (Lipinski definition) is 6. The van der Waals surface area contributed by atoms with Crippen LogP contribution >= 0.6 is 0 Å². The van der Waals surface area contributed by atoms with Crippen molar-refractivity contribution in [2.75, 3.05) is 25.0 Å². The molecule has 0 aliphatic carbocycles. The summed E-state index contributed by atoms with van der Waals surface area (Å²) < 4.78 is 29.5. The van der Waals surface area contributed by atoms with E-state index in [2.05, 4.69) is 22.0 Å². The predicted molar refractivity (Wildman–Crippen MR) is 133 cm³/mol. The molecule has 11 nitrogen and oxygen atoms in total. The fraction of sp³-hybridized carbons (Fsp3) is 0.609. The van der Waals surface area contributed by atoms with E-state index < -0.39 is 34.0 Å². The van der Waals surface area contributed by atoms with Gasteiger partial charge in [-0.15, -0.1) is 0 Å². The van der Waals surface area contributed by atoms with E-state index >= 15 is 0 Å². The Kier molecular flexibility index (Phi) is 8.60. The molecule has 194 valence electrons. The lowest BCUT2D eigenvalue weighted by atomic mass is 9.91. The molecule has 1 aromatic carbocycles. The second-order valence-electron chi connectivity index (χ2n) is 9.62. The number of carboxylic acids is 1. The van der Waals surface area contributed by atoms with Gasteiger partial charge in [-0.05, 0) is 55.6 Å². The second kappa shape index (κ2) is 11.3. The van der Waals surface area contributed by atoms with E-state index in [1.54, 1.807) is 6.07 Å². The largest absolute Gasteiger partial charge is 0.480 e. The highest BCUT2D eigenvalue weighted by atomic mass is 32.2. The number of amides is 1. The number of nitrogens with one attached hydrogen (secondary N) is 2. The maximum absolute atomic E-state index is 13.5. The van der Waals surface area contributed by atoms with Crippen molar-refractivity contribution in [3.63, 3.8) is 0 Å². The highest BCUT2D eigenvalue weighted by molar-refractivity contribution is 7.89. The van der Waals surface area contributed by atoms with Crippen molar-refractivity contribution in [3.05, 3.63) is 23.8 Å². The third kappa shape index (κ3) is 6.63. The minimum Gasteiger partial charge on any atom is -0.480 e. The van der Waals surface area contributed by atoms with E-state index in [1.807, 2.05) is 13.0 Å². The molecule has 12 heteroatoms. The first-order chi connectivity index (χ1) is 16.5. The molecule has 0 spiro atoms. The minimum absolute atomic E-state index is 0.0750. The summed E-state index contributed by atoms with van der Waals surface area (Å²) in [5.41, 5.74) is 12.2. The molecule has 35 heavy (non-hydrogen) atoms. The second-order valence-corrected chi connectivity index (χ2v) is 11.3. The Balaban J connectivity index is 1.88. The number of carbonyl (C=O) groups is 2. The zero-order valence-corrected chi connectivity index (χ0v) is 21.1. The van der Waals surface area contributed by atoms with E-state index in [-0.39, 0.29) is 36.3 Å². The molecule has 0 radical (unpaired) electrons. The number of para-hydroxylation sites is 1. The lowest BCUT2D eigenvalue weighted by molar-refractivity contribution is -0.153. The number of likely N-dealkylation sites (tertiary alicyclic amines) is 1. The number of nitrogens with two attached hydrogens (primary N) is 2. The molecule has 0 saturated carbocycles. The van der Waals surface area contributed by atoms with E-state index in [1.165, 1.54) is 11.0 Å². The van der Waals surface area contributed by atoms with Gasteiger partial charge in [0.2, 0.25) is 15.9 Å². The summed E-state index contributed by atoms with van der Waals surface area (Å²) in [6.07, 6.45) is 2.17. The quantitative estimate of drug-likeness (QED) is 0.184. The van der Waals surface area contributed by atoms with Crippen LogP contribution < -0.4 is 21.5 Å². The number of anilines is 1. The van der Waals surface area contributed by atoms with Gasteiger partial charge < -0.3 is 26.8 Å². The highest BCUT2D eigenvalue weighted by Gasteiger charge is 2.39. The lowest BCUT2D eigenvalue weighted by Gasteiger charge is -2.38. The molecule has 4 atom stereocenters. The van der Waals surface area contributed by atoms with Crippen molar-refractivity contribution in [1.82, 2.24) is 9.62 Å². The smallest absolute Gasteiger partial charge is 0.326 e. The fourth-order valence-corrected chi connectivity index (χ4v) is 6.17. The molecule has 2 heterocycles. The first-order valence-electron chi connectivity index (χ1n) is 12.0. The Bertz CT molecular complexity index is 1070. The number of carboxylic acid groups (broad SMARTS) is 1. The van der Waals surface area contributed by atoms with Crippen molar-refractivity contribution in [3.8, 4) is 0 Å². The molecule has 1 fully saturated rings. The molecule has 3 rings (SSSR count). The number of aliphatic imine (C=N–C) groups is 1. The Morgan fingerprint density at radius 2 is 2.03 bits per heavy atom. The van der Waals surface area contributed by atoms with Crippen LogP contribution in [-0.2, 0) is 26.0 Å². The van der Waals surface area contributed by atoms with Crippen LogP contribution in [0.25, 0.3) is 0 Å². The Labute approximate surface area is 206 Å². The van der Waals surface area contributed by atoms with Gasteiger partial charge in [0, 0.05) is 19.6 Å². The first-order valence-corrected chi connectivity index (χ1v) is 13.4. The summed E-state index contributed by atoms with van der Waals surface area (Å²) in [5, 5.41) is 12.9. The third-order valence-corrected chi connectivity index (χ3v) is 8.09. The van der Waals surface area contributed by atoms with Gasteiger partial charge in [0.05, 0.1) is 5.69 Å². The SMILES string of the molecule is C[C@H]1CNc2c(cccc2S(=O)(=O)N[C@@H](CCCN=C(N)N)C(=O)N2CC[C@H](C)C[C@H]2C(=O)O)C1. The fourth-order valence-electron chi connectivity index (χ4n) is 4.72. The number of hydrogen-bond donors (Lipinski definition) is 5. The zero-order chi connectivity index (χ0) is 25.8. The summed E-state index contributed by atoms with van der Waals surface area (Å²) in [7, 11) is -4.10. The Morgan fingerprint density at radius 3 is 2.71 bits per heavy atom. The normalized spacial score (nSPS) is 23.0. The predicted octanol–water partition coefficient (Wildman–Crippen LogP) is 0.703. The minimum atomic E-state index is -4.10. The molecular formula is C23H36N6O5S. The number of aliphatic carboxylic acids is 1. The van der Waals surface area contributed by atoms with Crippen LogP contribution in [0, 0.1) is 11.8 Å². The summed E-state index contributed by atoms with van der Waals surface area (Å²) in [5.74, 6) is -1.22. The molecule has 0 unspecified atom stereocenters. The molecule has 0 bridgehead atoms. The molecule has 0 aromatic heterocycles. The van der Waals surface area contributed by atoms with Gasteiger partial charge >= 0.3 is 5.97 Å². The number of fused-ring (bicyclic) bond motifs is 1. The summed E-state index contributed by atoms with van der Waals surface area (Å²) in [6, 6.07) is 2.94. The van der Waals surface area contributed by atoms with Gasteiger partial charge in [-0.3, -0.25) is 9.79 Å². The Morgan fingerprint density at radius 1 is 1.29 bits per heavy atom. The van der Waals surface area contributed by atoms with Crippen molar-refractivity contribution in [2.24, 2.45) is 28.3 Å². The molecular weight excluding hydrogens is 472 g/mol. The van der Waals surface area contributed by atoms with Crippen LogP contribution in [0.5, 0.6) is 0 Å². The van der Waals surface area contributed by atoms with E-state index in [0.717, 1.165) is 12.0 Å². The van der Waals surface area contributed by atoms with Crippen molar-refractivity contribution < 1.29 is 23.1 Å². The average molecular weight is 509 g/mol. The van der Waals surface area contributed by atoms with Crippen LogP contribution in [-0.4, -0.2) is 68.0 Å². The number of piperidine rings is 1. The standard InChI is InChI=1S/C23H36N6O5S/c1-14-8-10-29(18(12-14)22(31)32)21(30)17(6-4-9-26-23(24)25)28-35(33,34)19-7-3-5-16-11-15(2)13-27-20(16)19/h3,5,7,14-15,17-18,27-28H,4,6,8-13H2,1-2H3,(H,31,32)(H4,24,25,26)/t14-,15+,17-,18-/m0/s1. The molecule has 2 aliphatic rings. The first kappa shape index (κ1) is 26.7. The summed E-state index contributed by atoms with van der Waals surface area (Å²) in [6.45, 7) is 5.14. The summed E-state index contributed by atoms with van der Waals surface area (Å²) >= 11 is 0. The van der Waals surface area contributed by atoms with Gasteiger partial charge in [0.1, 0.15) is 17.0 Å². The van der Waals surface area contributed by atoms with E-state index in [4.69, 9.17) is 11.5 Å². The van der Waals surface area contributed by atoms with Crippen LogP contribution in [0.15, 0.2) is 28.1 Å². The number of benzene rings is 1.